The van der Waals surface area contributed by atoms with Crippen LogP contribution in [0.4, 0.5) is 5.69 Å². The maximum atomic E-state index is 12.4. The molecular weight excluding hydrogens is 254 g/mol. The van der Waals surface area contributed by atoms with Gasteiger partial charge >= 0.3 is 0 Å². The Hall–Kier alpha value is -2.49. The van der Waals surface area contributed by atoms with Crippen molar-refractivity contribution in [3.05, 3.63) is 74.8 Å². The number of ketones is 1. The van der Waals surface area contributed by atoms with Crippen LogP contribution in [0.5, 0.6) is 0 Å². The van der Waals surface area contributed by atoms with Gasteiger partial charge in [-0.2, -0.15) is 0 Å². The number of aryl methyl sites for hydroxylation is 1. The van der Waals surface area contributed by atoms with Gasteiger partial charge < -0.3 is 0 Å². The second-order valence-corrected chi connectivity index (χ2v) is 4.59. The highest BCUT2D eigenvalue weighted by atomic mass is 16.6. The Morgan fingerprint density at radius 3 is 2.35 bits per heavy atom. The Morgan fingerprint density at radius 1 is 1.15 bits per heavy atom. The number of nitro benzene ring substituents is 1. The van der Waals surface area contributed by atoms with Gasteiger partial charge in [0.1, 0.15) is 0 Å². The number of benzene rings is 2. The first-order chi connectivity index (χ1) is 9.54. The minimum absolute atomic E-state index is 0.0268. The summed E-state index contributed by atoms with van der Waals surface area (Å²) in [5.41, 5.74) is 2.45. The molecule has 0 spiro atoms. The Kier molecular flexibility index (Phi) is 3.94. The normalized spacial score (nSPS) is 10.3. The highest BCUT2D eigenvalue weighted by molar-refractivity contribution is 6.10. The van der Waals surface area contributed by atoms with Gasteiger partial charge in [-0.05, 0) is 18.9 Å². The van der Waals surface area contributed by atoms with Crippen molar-refractivity contribution in [2.45, 2.75) is 20.3 Å². The number of nitrogens with zero attached hydrogens (tertiary/aromatic N) is 1. The summed E-state index contributed by atoms with van der Waals surface area (Å²) in [6.45, 7) is 3.65. The van der Waals surface area contributed by atoms with Crippen LogP contribution in [0.2, 0.25) is 0 Å². The van der Waals surface area contributed by atoms with Crippen molar-refractivity contribution in [2.24, 2.45) is 0 Å². The Balaban J connectivity index is 2.42. The summed E-state index contributed by atoms with van der Waals surface area (Å²) >= 11 is 0. The molecule has 0 bridgehead atoms. The fourth-order valence-electron chi connectivity index (χ4n) is 2.11. The van der Waals surface area contributed by atoms with E-state index in [0.29, 0.717) is 16.7 Å². The molecule has 0 fully saturated rings. The van der Waals surface area contributed by atoms with Crippen LogP contribution >= 0.6 is 0 Å². The molecule has 0 saturated carbocycles. The van der Waals surface area contributed by atoms with Gasteiger partial charge in [0.15, 0.2) is 5.78 Å². The van der Waals surface area contributed by atoms with E-state index in [1.165, 1.54) is 6.07 Å². The predicted octanol–water partition coefficient (Wildman–Crippen LogP) is 3.70. The zero-order valence-electron chi connectivity index (χ0n) is 11.4. The van der Waals surface area contributed by atoms with E-state index in [1.54, 1.807) is 31.2 Å². The first-order valence-electron chi connectivity index (χ1n) is 6.42. The van der Waals surface area contributed by atoms with E-state index in [4.69, 9.17) is 0 Å². The lowest BCUT2D eigenvalue weighted by atomic mass is 9.97. The molecule has 0 aliphatic heterocycles. The van der Waals surface area contributed by atoms with Gasteiger partial charge in [0.2, 0.25) is 0 Å². The summed E-state index contributed by atoms with van der Waals surface area (Å²) in [4.78, 5) is 22.9. The number of hydrogen-bond donors (Lipinski definition) is 0. The molecule has 0 N–H and O–H groups in total. The van der Waals surface area contributed by atoms with E-state index >= 15 is 0 Å². The zero-order chi connectivity index (χ0) is 14.7. The van der Waals surface area contributed by atoms with Gasteiger partial charge in [-0.15, -0.1) is 0 Å². The zero-order valence-corrected chi connectivity index (χ0v) is 11.4. The van der Waals surface area contributed by atoms with Gasteiger partial charge in [-0.1, -0.05) is 43.3 Å². The molecule has 102 valence electrons. The van der Waals surface area contributed by atoms with Crippen molar-refractivity contribution < 1.29 is 9.72 Å². The highest BCUT2D eigenvalue weighted by Crippen LogP contribution is 2.23. The molecule has 0 unspecified atom stereocenters. The number of rotatable bonds is 4. The molecule has 2 rings (SSSR count). The first-order valence-corrected chi connectivity index (χ1v) is 6.42. The molecule has 20 heavy (non-hydrogen) atoms. The second kappa shape index (κ2) is 5.65. The van der Waals surface area contributed by atoms with Crippen LogP contribution in [0.25, 0.3) is 0 Å². The molecule has 0 aliphatic rings. The van der Waals surface area contributed by atoms with Crippen LogP contribution in [0, 0.1) is 17.0 Å². The largest absolute Gasteiger partial charge is 0.289 e. The molecule has 2 aromatic rings. The minimum atomic E-state index is -0.466. The fourth-order valence-corrected chi connectivity index (χ4v) is 2.11. The number of nitro groups is 1. The van der Waals surface area contributed by atoms with E-state index in [9.17, 15) is 14.9 Å². The maximum absolute atomic E-state index is 12.4. The standard InChI is InChI=1S/C16H15NO3/c1-3-12-7-9-13(10-8-12)16(18)14-5-4-6-15(11(14)2)17(19)20/h4-10H,3H2,1-2H3. The van der Waals surface area contributed by atoms with E-state index in [0.717, 1.165) is 12.0 Å². The highest BCUT2D eigenvalue weighted by Gasteiger charge is 2.18. The summed E-state index contributed by atoms with van der Waals surface area (Å²) in [5.74, 6) is -0.186. The average molecular weight is 269 g/mol. The monoisotopic (exact) mass is 269 g/mol. The molecule has 4 heteroatoms. The van der Waals surface area contributed by atoms with Crippen LogP contribution in [0.15, 0.2) is 42.5 Å². The molecular formula is C16H15NO3. The topological polar surface area (TPSA) is 60.2 Å². The molecule has 0 saturated heterocycles. The van der Waals surface area contributed by atoms with Crippen LogP contribution in [0.1, 0.15) is 34.0 Å². The van der Waals surface area contributed by atoms with Crippen molar-refractivity contribution in [1.82, 2.24) is 0 Å². The predicted molar refractivity (Wildman–Crippen MR) is 77.1 cm³/mol. The summed E-state index contributed by atoms with van der Waals surface area (Å²) < 4.78 is 0. The Bertz CT molecular complexity index is 660. The van der Waals surface area contributed by atoms with E-state index < -0.39 is 4.92 Å². The third-order valence-electron chi connectivity index (χ3n) is 3.37. The van der Waals surface area contributed by atoms with Crippen molar-refractivity contribution in [3.8, 4) is 0 Å². The van der Waals surface area contributed by atoms with Crippen LogP contribution in [-0.2, 0) is 6.42 Å². The molecule has 0 aromatic heterocycles. The first kappa shape index (κ1) is 13.9. The lowest BCUT2D eigenvalue weighted by Crippen LogP contribution is -2.05. The lowest BCUT2D eigenvalue weighted by Gasteiger charge is -2.06. The Morgan fingerprint density at radius 2 is 1.80 bits per heavy atom. The Labute approximate surface area is 117 Å². The van der Waals surface area contributed by atoms with Crippen LogP contribution in [-0.4, -0.2) is 10.7 Å². The van der Waals surface area contributed by atoms with Gasteiger partial charge in [-0.25, -0.2) is 0 Å². The fraction of sp³-hybridized carbons (Fsp3) is 0.188. The third-order valence-corrected chi connectivity index (χ3v) is 3.37. The van der Waals surface area contributed by atoms with Crippen LogP contribution in [0.3, 0.4) is 0 Å². The quantitative estimate of drug-likeness (QED) is 0.483. The summed E-state index contributed by atoms with van der Waals surface area (Å²) in [6, 6.07) is 11.9. The van der Waals surface area contributed by atoms with Crippen molar-refractivity contribution in [3.63, 3.8) is 0 Å². The molecule has 0 heterocycles. The smallest absolute Gasteiger partial charge is 0.273 e. The number of hydrogen-bond acceptors (Lipinski definition) is 3. The number of carbonyl (C=O) groups excluding carboxylic acids is 1. The van der Waals surface area contributed by atoms with Gasteiger partial charge in [0, 0.05) is 22.8 Å². The molecule has 2 aromatic carbocycles. The molecule has 0 aliphatic carbocycles. The molecule has 0 amide bonds. The maximum Gasteiger partial charge on any atom is 0.273 e. The third kappa shape index (κ3) is 2.59. The lowest BCUT2D eigenvalue weighted by molar-refractivity contribution is -0.385. The van der Waals surface area contributed by atoms with Crippen LogP contribution < -0.4 is 0 Å². The molecule has 4 nitrogen and oxygen atoms in total. The summed E-state index contributed by atoms with van der Waals surface area (Å²) in [7, 11) is 0. The van der Waals surface area contributed by atoms with E-state index in [-0.39, 0.29) is 11.5 Å². The van der Waals surface area contributed by atoms with Gasteiger partial charge in [0.25, 0.3) is 5.69 Å². The van der Waals surface area contributed by atoms with Gasteiger partial charge in [0.05, 0.1) is 4.92 Å². The SMILES string of the molecule is CCc1ccc(C(=O)c2cccc([N+](=O)[O-])c2C)cc1. The number of carbonyl (C=O) groups is 1. The second-order valence-electron chi connectivity index (χ2n) is 4.59. The van der Waals surface area contributed by atoms with E-state index in [2.05, 4.69) is 0 Å². The molecule has 0 atom stereocenters. The van der Waals surface area contributed by atoms with Gasteiger partial charge in [-0.3, -0.25) is 14.9 Å². The summed E-state index contributed by atoms with van der Waals surface area (Å²) in [6.07, 6.45) is 0.907. The minimum Gasteiger partial charge on any atom is -0.289 e. The van der Waals surface area contributed by atoms with Crippen molar-refractivity contribution >= 4 is 11.5 Å². The van der Waals surface area contributed by atoms with Crippen molar-refractivity contribution in [2.75, 3.05) is 0 Å². The van der Waals surface area contributed by atoms with Crippen molar-refractivity contribution in [1.29, 1.82) is 0 Å². The molecule has 0 radical (unpaired) electrons. The average Bonchev–Trinajstić information content (AvgIpc) is 2.46. The summed E-state index contributed by atoms with van der Waals surface area (Å²) in [5, 5.41) is 10.9. The van der Waals surface area contributed by atoms with E-state index in [1.807, 2.05) is 19.1 Å².